The van der Waals surface area contributed by atoms with Crippen LogP contribution in [0.1, 0.15) is 16.8 Å². The molecule has 4 N–H and O–H groups in total. The van der Waals surface area contributed by atoms with Crippen molar-refractivity contribution in [2.45, 2.75) is 12.8 Å². The van der Waals surface area contributed by atoms with Crippen LogP contribution < -0.4 is 10.5 Å². The fraction of sp³-hybridized carbons (Fsp3) is 0.158. The third kappa shape index (κ3) is 2.21. The number of aryl methyl sites for hydroxylation is 1. The lowest BCUT2D eigenvalue weighted by Gasteiger charge is -2.22. The molecule has 2 aromatic heterocycles. The zero-order valence-electron chi connectivity index (χ0n) is 13.6. The Morgan fingerprint density at radius 3 is 2.88 bits per heavy atom. The number of anilines is 1. The molecule has 0 saturated carbocycles. The topological polar surface area (TPSA) is 108 Å². The van der Waals surface area contributed by atoms with Crippen LogP contribution in [-0.2, 0) is 12.8 Å². The number of aromatic nitrogens is 2. The maximum absolute atomic E-state index is 9.75. The van der Waals surface area contributed by atoms with Crippen LogP contribution in [0.5, 0.6) is 11.5 Å². The van der Waals surface area contributed by atoms with Gasteiger partial charge in [0.1, 0.15) is 28.9 Å². The van der Waals surface area contributed by atoms with E-state index in [1.807, 2.05) is 12.3 Å². The largest absolute Gasteiger partial charge is 0.508 e. The van der Waals surface area contributed by atoms with Gasteiger partial charge in [-0.3, -0.25) is 0 Å². The van der Waals surface area contributed by atoms with Gasteiger partial charge in [0, 0.05) is 34.6 Å². The number of fused-ring (bicyclic) bond motifs is 3. The van der Waals surface area contributed by atoms with E-state index in [2.05, 4.69) is 16.0 Å². The number of methoxy groups -OCH3 is 1. The molecule has 6 heteroatoms. The second-order valence-corrected chi connectivity index (χ2v) is 5.94. The summed E-state index contributed by atoms with van der Waals surface area (Å²) < 4.78 is 5.43. The summed E-state index contributed by atoms with van der Waals surface area (Å²) >= 11 is 0. The minimum Gasteiger partial charge on any atom is -0.508 e. The minimum absolute atomic E-state index is 0.0999. The van der Waals surface area contributed by atoms with Crippen molar-refractivity contribution in [2.24, 2.45) is 0 Å². The average molecular weight is 332 g/mol. The van der Waals surface area contributed by atoms with E-state index < -0.39 is 0 Å². The fourth-order valence-corrected chi connectivity index (χ4v) is 3.49. The van der Waals surface area contributed by atoms with Gasteiger partial charge in [0.25, 0.3) is 0 Å². The Morgan fingerprint density at radius 2 is 2.12 bits per heavy atom. The molecule has 4 rings (SSSR count). The highest BCUT2D eigenvalue weighted by Crippen LogP contribution is 2.44. The molecule has 124 valence electrons. The normalized spacial score (nSPS) is 12.2. The van der Waals surface area contributed by atoms with Crippen LogP contribution in [0.2, 0.25) is 0 Å². The molecule has 3 aromatic rings. The molecule has 0 saturated heterocycles. The molecule has 0 fully saturated rings. The fourth-order valence-electron chi connectivity index (χ4n) is 3.49. The summed E-state index contributed by atoms with van der Waals surface area (Å²) in [6.07, 6.45) is 3.46. The zero-order chi connectivity index (χ0) is 17.6. The monoisotopic (exact) mass is 332 g/mol. The van der Waals surface area contributed by atoms with Crippen molar-refractivity contribution in [3.8, 4) is 40.0 Å². The number of phenols is 1. The Balaban J connectivity index is 2.09. The van der Waals surface area contributed by atoms with E-state index in [1.165, 1.54) is 13.2 Å². The maximum atomic E-state index is 9.75. The third-order valence-corrected chi connectivity index (χ3v) is 4.61. The number of aromatic hydroxyl groups is 1. The van der Waals surface area contributed by atoms with Gasteiger partial charge in [-0.15, -0.1) is 0 Å². The van der Waals surface area contributed by atoms with Gasteiger partial charge < -0.3 is 20.6 Å². The van der Waals surface area contributed by atoms with E-state index in [1.54, 1.807) is 12.1 Å². The predicted molar refractivity (Wildman–Crippen MR) is 94.2 cm³/mol. The van der Waals surface area contributed by atoms with Crippen molar-refractivity contribution >= 4 is 5.82 Å². The lowest BCUT2D eigenvalue weighted by Crippen LogP contribution is -2.11. The number of nitriles is 1. The summed E-state index contributed by atoms with van der Waals surface area (Å²) in [7, 11) is 1.53. The Bertz CT molecular complexity index is 1030. The number of aromatic amines is 1. The first kappa shape index (κ1) is 15.1. The lowest BCUT2D eigenvalue weighted by atomic mass is 9.85. The molecule has 0 amide bonds. The van der Waals surface area contributed by atoms with Crippen LogP contribution in [0.25, 0.3) is 22.4 Å². The van der Waals surface area contributed by atoms with E-state index in [0.29, 0.717) is 11.3 Å². The highest BCUT2D eigenvalue weighted by Gasteiger charge is 2.27. The number of ether oxygens (including phenoxy) is 1. The van der Waals surface area contributed by atoms with Crippen molar-refractivity contribution < 1.29 is 9.84 Å². The number of pyridine rings is 1. The average Bonchev–Trinajstić information content (AvgIpc) is 3.10. The van der Waals surface area contributed by atoms with Gasteiger partial charge in [0.05, 0.1) is 12.8 Å². The van der Waals surface area contributed by atoms with E-state index in [-0.39, 0.29) is 11.6 Å². The second kappa shape index (κ2) is 5.56. The molecule has 2 heterocycles. The van der Waals surface area contributed by atoms with Crippen LogP contribution in [0.3, 0.4) is 0 Å². The predicted octanol–water partition coefficient (Wildman–Crippen LogP) is 3.01. The van der Waals surface area contributed by atoms with E-state index in [4.69, 9.17) is 10.5 Å². The van der Waals surface area contributed by atoms with Crippen molar-refractivity contribution in [3.63, 3.8) is 0 Å². The third-order valence-electron chi connectivity index (χ3n) is 4.61. The molecular formula is C19H16N4O2. The summed E-state index contributed by atoms with van der Waals surface area (Å²) in [5, 5.41) is 19.4. The van der Waals surface area contributed by atoms with Crippen molar-refractivity contribution in [2.75, 3.05) is 12.8 Å². The van der Waals surface area contributed by atoms with Crippen molar-refractivity contribution in [1.82, 2.24) is 9.97 Å². The van der Waals surface area contributed by atoms with Crippen molar-refractivity contribution in [1.29, 1.82) is 5.26 Å². The molecule has 1 aromatic carbocycles. The van der Waals surface area contributed by atoms with Gasteiger partial charge >= 0.3 is 0 Å². The summed E-state index contributed by atoms with van der Waals surface area (Å²) in [5.41, 5.74) is 11.8. The number of benzene rings is 1. The molecule has 1 aliphatic rings. The Morgan fingerprint density at radius 1 is 1.28 bits per heavy atom. The quantitative estimate of drug-likeness (QED) is 0.668. The first-order chi connectivity index (χ1) is 12.1. The molecule has 0 atom stereocenters. The van der Waals surface area contributed by atoms with E-state index in [9.17, 15) is 10.4 Å². The lowest BCUT2D eigenvalue weighted by molar-refractivity contribution is 0.409. The number of nitrogens with zero attached hydrogens (tertiary/aromatic N) is 2. The van der Waals surface area contributed by atoms with Crippen molar-refractivity contribution in [3.05, 3.63) is 47.3 Å². The molecule has 0 aliphatic heterocycles. The molecule has 0 spiro atoms. The van der Waals surface area contributed by atoms with Crippen LogP contribution >= 0.6 is 0 Å². The van der Waals surface area contributed by atoms with Gasteiger partial charge in [-0.25, -0.2) is 4.98 Å². The van der Waals surface area contributed by atoms with E-state index >= 15 is 0 Å². The number of nitrogens with one attached hydrogen (secondary N) is 1. The van der Waals surface area contributed by atoms with Gasteiger partial charge in [-0.05, 0) is 36.6 Å². The number of rotatable bonds is 2. The number of nitrogen functional groups attached to an aromatic ring is 1. The Labute approximate surface area is 144 Å². The number of phenolic OH excluding ortho intramolecular Hbond substituents is 1. The zero-order valence-corrected chi connectivity index (χ0v) is 13.6. The number of H-pyrrole nitrogens is 1. The molecule has 1 aliphatic carbocycles. The Hall–Kier alpha value is -3.46. The van der Waals surface area contributed by atoms with Crippen LogP contribution in [0, 0.1) is 11.3 Å². The van der Waals surface area contributed by atoms with Gasteiger partial charge in [-0.1, -0.05) is 0 Å². The molecule has 0 radical (unpaired) electrons. The summed E-state index contributed by atoms with van der Waals surface area (Å²) in [6, 6.07) is 9.01. The first-order valence-corrected chi connectivity index (χ1v) is 7.90. The van der Waals surface area contributed by atoms with E-state index in [0.717, 1.165) is 46.5 Å². The summed E-state index contributed by atoms with van der Waals surface area (Å²) in [6.45, 7) is 0. The van der Waals surface area contributed by atoms with Gasteiger partial charge in [0.2, 0.25) is 0 Å². The van der Waals surface area contributed by atoms with Crippen LogP contribution in [0.4, 0.5) is 5.82 Å². The van der Waals surface area contributed by atoms with Crippen LogP contribution in [0.15, 0.2) is 30.5 Å². The first-order valence-electron chi connectivity index (χ1n) is 7.90. The molecular weight excluding hydrogens is 316 g/mol. The molecule has 25 heavy (non-hydrogen) atoms. The maximum Gasteiger partial charge on any atom is 0.142 e. The van der Waals surface area contributed by atoms with Gasteiger partial charge in [-0.2, -0.15) is 5.26 Å². The number of hydrogen-bond acceptors (Lipinski definition) is 5. The highest BCUT2D eigenvalue weighted by atomic mass is 16.5. The second-order valence-electron chi connectivity index (χ2n) is 5.94. The summed E-state index contributed by atoms with van der Waals surface area (Å²) in [5.74, 6) is 0.785. The van der Waals surface area contributed by atoms with Crippen LogP contribution in [-0.4, -0.2) is 22.2 Å². The number of hydrogen-bond donors (Lipinski definition) is 3. The highest BCUT2D eigenvalue weighted by molar-refractivity contribution is 5.88. The van der Waals surface area contributed by atoms with Gasteiger partial charge in [0.15, 0.2) is 0 Å². The summed E-state index contributed by atoms with van der Waals surface area (Å²) in [4.78, 5) is 7.73. The molecule has 0 unspecified atom stereocenters. The molecule has 6 nitrogen and oxygen atoms in total. The smallest absolute Gasteiger partial charge is 0.142 e. The SMILES string of the molecule is COc1cc(O)ccc1-c1c(C#N)c(N)nc2c1CCc1[nH]ccc1-2. The molecule has 0 bridgehead atoms. The minimum atomic E-state index is 0.0999. The standard InChI is InChI=1S/C19H16N4O2/c1-25-16-8-10(24)2-3-12(16)17-13-4-5-15-11(6-7-22-15)18(13)23-19(21)14(17)9-20/h2-3,6-8,22,24H,4-5H2,1H3,(H2,21,23). The number of nitrogens with two attached hydrogens (primary N) is 1. The Kier molecular flexibility index (Phi) is 3.36.